The van der Waals surface area contributed by atoms with Crippen LogP contribution in [0.25, 0.3) is 0 Å². The van der Waals surface area contributed by atoms with E-state index >= 15 is 0 Å². The molecule has 4 nitrogen and oxygen atoms in total. The quantitative estimate of drug-likeness (QED) is 0.574. The largest absolute Gasteiger partial charge is 0.466 e. The second-order valence-electron chi connectivity index (χ2n) is 3.18. The summed E-state index contributed by atoms with van der Waals surface area (Å²) in [5, 5.41) is 18.6. The van der Waals surface area contributed by atoms with Crippen LogP contribution in [0.3, 0.4) is 0 Å². The first-order chi connectivity index (χ1) is 7.04. The lowest BCUT2D eigenvalue weighted by atomic mass is 9.95. The molecule has 1 aromatic carbocycles. The third-order valence-electron chi connectivity index (χ3n) is 2.11. The minimum absolute atomic E-state index is 0.211. The van der Waals surface area contributed by atoms with Crippen molar-refractivity contribution in [2.45, 2.75) is 12.5 Å². The fraction of sp³-hybridized carbons (Fsp3) is 0.273. The Morgan fingerprint density at radius 1 is 1.47 bits per heavy atom. The molecule has 0 radical (unpaired) electrons. The Labute approximate surface area is 87.7 Å². The molecule has 1 rings (SSSR count). The van der Waals surface area contributed by atoms with Crippen LogP contribution in [-0.4, -0.2) is 18.2 Å². The number of nitriles is 1. The number of methoxy groups -OCH3 is 1. The number of esters is 1. The number of rotatable bonds is 2. The fourth-order valence-corrected chi connectivity index (χ4v) is 1.17. The number of nitrogens with zero attached hydrogens (tertiary/aromatic N) is 1. The van der Waals surface area contributed by atoms with Gasteiger partial charge in [0.25, 0.3) is 5.60 Å². The zero-order chi connectivity index (χ0) is 11.5. The average molecular weight is 205 g/mol. The number of hydrogen-bond acceptors (Lipinski definition) is 4. The Bertz CT molecular complexity index is 405. The normalized spacial score (nSPS) is 13.7. The molecule has 15 heavy (non-hydrogen) atoms. The SMILES string of the molecule is COC(=O)C(O)(C#N)c1ccc(C)cc1. The minimum atomic E-state index is -2.22. The Morgan fingerprint density at radius 3 is 2.40 bits per heavy atom. The topological polar surface area (TPSA) is 70.3 Å². The van der Waals surface area contributed by atoms with Crippen LogP contribution in [0.15, 0.2) is 24.3 Å². The van der Waals surface area contributed by atoms with Crippen LogP contribution in [0.4, 0.5) is 0 Å². The van der Waals surface area contributed by atoms with Crippen molar-refractivity contribution in [3.8, 4) is 6.07 Å². The van der Waals surface area contributed by atoms with E-state index in [0.29, 0.717) is 0 Å². The number of ether oxygens (including phenoxy) is 1. The molecule has 4 heteroatoms. The molecule has 0 aliphatic heterocycles. The Morgan fingerprint density at radius 2 is 2.00 bits per heavy atom. The summed E-state index contributed by atoms with van der Waals surface area (Å²) in [7, 11) is 1.12. The van der Waals surface area contributed by atoms with E-state index in [1.807, 2.05) is 6.92 Å². The highest BCUT2D eigenvalue weighted by Gasteiger charge is 2.39. The summed E-state index contributed by atoms with van der Waals surface area (Å²) >= 11 is 0. The maximum Gasteiger partial charge on any atom is 0.357 e. The second kappa shape index (κ2) is 4.11. The molecule has 1 N–H and O–H groups in total. The Hall–Kier alpha value is -1.86. The van der Waals surface area contributed by atoms with Gasteiger partial charge in [-0.3, -0.25) is 0 Å². The van der Waals surface area contributed by atoms with Gasteiger partial charge in [0, 0.05) is 5.56 Å². The molecule has 1 aromatic rings. The van der Waals surface area contributed by atoms with Gasteiger partial charge in [0.2, 0.25) is 0 Å². The van der Waals surface area contributed by atoms with Crippen molar-refractivity contribution in [1.29, 1.82) is 5.26 Å². The monoisotopic (exact) mass is 205 g/mol. The highest BCUT2D eigenvalue weighted by atomic mass is 16.5. The zero-order valence-corrected chi connectivity index (χ0v) is 8.52. The summed E-state index contributed by atoms with van der Waals surface area (Å²) in [6, 6.07) is 8.01. The molecule has 0 heterocycles. The van der Waals surface area contributed by atoms with Gasteiger partial charge in [-0.15, -0.1) is 0 Å². The highest BCUT2D eigenvalue weighted by Crippen LogP contribution is 2.22. The molecule has 0 aliphatic rings. The predicted octanol–water partition coefficient (Wildman–Crippen LogP) is 0.879. The molecular formula is C11H11NO3. The maximum absolute atomic E-state index is 11.3. The molecule has 0 aromatic heterocycles. The van der Waals surface area contributed by atoms with Crippen LogP contribution in [0.1, 0.15) is 11.1 Å². The number of carbonyl (C=O) groups is 1. The van der Waals surface area contributed by atoms with Gasteiger partial charge < -0.3 is 9.84 Å². The van der Waals surface area contributed by atoms with E-state index in [2.05, 4.69) is 4.74 Å². The van der Waals surface area contributed by atoms with Gasteiger partial charge in [-0.25, -0.2) is 4.79 Å². The zero-order valence-electron chi connectivity index (χ0n) is 8.52. The lowest BCUT2D eigenvalue weighted by Gasteiger charge is -2.17. The second-order valence-corrected chi connectivity index (χ2v) is 3.18. The van der Waals surface area contributed by atoms with E-state index in [1.54, 1.807) is 18.2 Å². The average Bonchev–Trinajstić information content (AvgIpc) is 2.27. The van der Waals surface area contributed by atoms with E-state index in [9.17, 15) is 9.90 Å². The number of hydrogen-bond donors (Lipinski definition) is 1. The van der Waals surface area contributed by atoms with Crippen LogP contribution < -0.4 is 0 Å². The number of carbonyl (C=O) groups excluding carboxylic acids is 1. The van der Waals surface area contributed by atoms with Gasteiger partial charge >= 0.3 is 5.97 Å². The lowest BCUT2D eigenvalue weighted by Crippen LogP contribution is -2.35. The number of aryl methyl sites for hydroxylation is 1. The molecule has 0 spiro atoms. The van der Waals surface area contributed by atoms with E-state index in [-0.39, 0.29) is 5.56 Å². The van der Waals surface area contributed by atoms with Crippen molar-refractivity contribution in [1.82, 2.24) is 0 Å². The summed E-state index contributed by atoms with van der Waals surface area (Å²) in [5.74, 6) is -0.978. The predicted molar refractivity (Wildman–Crippen MR) is 52.7 cm³/mol. The molecule has 1 unspecified atom stereocenters. The first-order valence-corrected chi connectivity index (χ1v) is 4.34. The minimum Gasteiger partial charge on any atom is -0.466 e. The molecule has 0 fully saturated rings. The van der Waals surface area contributed by atoms with E-state index in [0.717, 1.165) is 12.7 Å². The standard InChI is InChI=1S/C11H11NO3/c1-8-3-5-9(6-4-8)11(14,7-12)10(13)15-2/h3-6,14H,1-2H3. The van der Waals surface area contributed by atoms with Crippen LogP contribution in [0.5, 0.6) is 0 Å². The Kier molecular flexibility index (Phi) is 3.08. The molecule has 0 saturated heterocycles. The summed E-state index contributed by atoms with van der Waals surface area (Å²) in [4.78, 5) is 11.3. The summed E-state index contributed by atoms with van der Waals surface area (Å²) < 4.78 is 4.38. The molecule has 0 saturated carbocycles. The van der Waals surface area contributed by atoms with Gasteiger partial charge in [0.05, 0.1) is 7.11 Å². The molecule has 0 amide bonds. The van der Waals surface area contributed by atoms with Gasteiger partial charge in [-0.2, -0.15) is 5.26 Å². The number of benzene rings is 1. The first kappa shape index (κ1) is 11.2. The molecule has 0 bridgehead atoms. The number of aliphatic hydroxyl groups is 1. The molecule has 78 valence electrons. The van der Waals surface area contributed by atoms with Crippen molar-refractivity contribution in [2.24, 2.45) is 0 Å². The molecule has 0 aliphatic carbocycles. The molecule has 1 atom stereocenters. The lowest BCUT2D eigenvalue weighted by molar-refractivity contribution is -0.157. The van der Waals surface area contributed by atoms with E-state index in [1.165, 1.54) is 12.1 Å². The fourth-order valence-electron chi connectivity index (χ4n) is 1.17. The van der Waals surface area contributed by atoms with Gasteiger partial charge in [-0.05, 0) is 6.92 Å². The van der Waals surface area contributed by atoms with Crippen molar-refractivity contribution in [3.63, 3.8) is 0 Å². The van der Waals surface area contributed by atoms with Crippen molar-refractivity contribution in [2.75, 3.05) is 7.11 Å². The van der Waals surface area contributed by atoms with Gasteiger partial charge in [0.1, 0.15) is 6.07 Å². The summed E-state index contributed by atoms with van der Waals surface area (Å²) in [6.45, 7) is 1.87. The summed E-state index contributed by atoms with van der Waals surface area (Å²) in [6.07, 6.45) is 0. The first-order valence-electron chi connectivity index (χ1n) is 4.34. The van der Waals surface area contributed by atoms with Crippen LogP contribution in [0, 0.1) is 18.3 Å². The van der Waals surface area contributed by atoms with Crippen molar-refractivity contribution >= 4 is 5.97 Å². The van der Waals surface area contributed by atoms with Crippen LogP contribution >= 0.6 is 0 Å². The smallest absolute Gasteiger partial charge is 0.357 e. The molecular weight excluding hydrogens is 194 g/mol. The highest BCUT2D eigenvalue weighted by molar-refractivity contribution is 5.84. The van der Waals surface area contributed by atoms with Crippen LogP contribution in [-0.2, 0) is 15.1 Å². The van der Waals surface area contributed by atoms with E-state index < -0.39 is 11.6 Å². The van der Waals surface area contributed by atoms with Crippen LogP contribution in [0.2, 0.25) is 0 Å². The Balaban J connectivity index is 3.19. The third kappa shape index (κ3) is 1.97. The van der Waals surface area contributed by atoms with Crippen molar-refractivity contribution < 1.29 is 14.6 Å². The van der Waals surface area contributed by atoms with E-state index in [4.69, 9.17) is 5.26 Å². The maximum atomic E-state index is 11.3. The van der Waals surface area contributed by atoms with Gasteiger partial charge in [-0.1, -0.05) is 29.8 Å². The third-order valence-corrected chi connectivity index (χ3v) is 2.11. The summed E-state index contributed by atoms with van der Waals surface area (Å²) in [5.41, 5.74) is -1.03. The van der Waals surface area contributed by atoms with Gasteiger partial charge in [0.15, 0.2) is 0 Å². The van der Waals surface area contributed by atoms with Crippen molar-refractivity contribution in [3.05, 3.63) is 35.4 Å².